The Morgan fingerprint density at radius 3 is 1.89 bits per heavy atom. The average molecular weight is 927 g/mol. The molecule has 17 nitrogen and oxygen atoms in total. The van der Waals surface area contributed by atoms with E-state index in [4.69, 9.17) is 33.2 Å². The second kappa shape index (κ2) is 16.6. The van der Waals surface area contributed by atoms with Crippen LogP contribution in [0.1, 0.15) is 101 Å². The quantitative estimate of drug-likeness (QED) is 0.123. The number of aliphatic hydroxyl groups excluding tert-OH is 10. The van der Waals surface area contributed by atoms with Crippen molar-refractivity contribution in [3.8, 4) is 0 Å². The van der Waals surface area contributed by atoms with Crippen molar-refractivity contribution < 1.29 is 84.2 Å². The van der Waals surface area contributed by atoms with E-state index in [1.165, 1.54) is 6.92 Å². The van der Waals surface area contributed by atoms with Crippen LogP contribution in [0.5, 0.6) is 0 Å². The molecule has 8 fully saturated rings. The third-order valence-electron chi connectivity index (χ3n) is 20.3. The van der Waals surface area contributed by atoms with Gasteiger partial charge in [-0.2, -0.15) is 0 Å². The molecule has 9 aliphatic rings. The van der Waals surface area contributed by atoms with Crippen LogP contribution in [0.2, 0.25) is 0 Å². The summed E-state index contributed by atoms with van der Waals surface area (Å²) in [7, 11) is 0. The Morgan fingerprint density at radius 2 is 1.23 bits per heavy atom. The van der Waals surface area contributed by atoms with Crippen molar-refractivity contribution in [2.24, 2.45) is 56.7 Å². The fourth-order valence-electron chi connectivity index (χ4n) is 16.1. The van der Waals surface area contributed by atoms with Gasteiger partial charge in [0.25, 0.3) is 0 Å². The first-order valence-electron chi connectivity index (χ1n) is 24.3. The highest BCUT2D eigenvalue weighted by Crippen LogP contribution is 2.79. The molecule has 65 heavy (non-hydrogen) atoms. The molecule has 4 aliphatic heterocycles. The van der Waals surface area contributed by atoms with Gasteiger partial charge < -0.3 is 84.2 Å². The van der Waals surface area contributed by atoms with E-state index in [9.17, 15) is 51.1 Å². The predicted molar refractivity (Wildman–Crippen MR) is 228 cm³/mol. The lowest BCUT2D eigenvalue weighted by atomic mass is 9.31. The van der Waals surface area contributed by atoms with Gasteiger partial charge in [-0.05, 0) is 92.3 Å². The summed E-state index contributed by atoms with van der Waals surface area (Å²) in [6, 6.07) is 0. The Morgan fingerprint density at radius 1 is 0.631 bits per heavy atom. The number of hydrogen-bond acceptors (Lipinski definition) is 17. The van der Waals surface area contributed by atoms with Crippen molar-refractivity contribution >= 4 is 0 Å². The molecule has 1 spiro atoms. The molecule has 2 bridgehead atoms. The van der Waals surface area contributed by atoms with Gasteiger partial charge in [0.15, 0.2) is 18.9 Å². The molecule has 0 aromatic heterocycles. The molecule has 10 N–H and O–H groups in total. The third kappa shape index (κ3) is 6.79. The van der Waals surface area contributed by atoms with Crippen molar-refractivity contribution in [1.82, 2.24) is 0 Å². The molecule has 4 heterocycles. The largest absolute Gasteiger partial charge is 0.394 e. The molecule has 4 saturated heterocycles. The number of hydrogen-bond donors (Lipinski definition) is 10. The monoisotopic (exact) mass is 927 g/mol. The Kier molecular flexibility index (Phi) is 12.5. The summed E-state index contributed by atoms with van der Waals surface area (Å²) in [6.07, 6.45) is -14.7. The molecule has 0 amide bonds. The fraction of sp³-hybridized carbons (Fsp3) is 0.958. The number of allylic oxidation sites excluding steroid dienone is 1. The molecule has 0 aromatic rings. The minimum absolute atomic E-state index is 0.0747. The lowest BCUT2D eigenvalue weighted by molar-refractivity contribution is -0.396. The Hall–Kier alpha value is -0.940. The van der Waals surface area contributed by atoms with Crippen LogP contribution in [0.3, 0.4) is 0 Å². The molecule has 17 heteroatoms. The summed E-state index contributed by atoms with van der Waals surface area (Å²) in [5.74, 6) is 0.613. The maximum Gasteiger partial charge on any atom is 0.187 e. The van der Waals surface area contributed by atoms with E-state index in [1.807, 2.05) is 0 Å². The molecular weight excluding hydrogens is 849 g/mol. The minimum atomic E-state index is -1.80. The SMILES string of the molecule is C[C@@H]1[C@H](C)[C@@H]2[C@@]3(CO[C@]24C=C[C@@H]2[C@]5(C)CC[C@H](O[C@H]6O[C@@H](C)[C@H](O)[C@@H](O)[C@@H]6O[C@H]6O[C@@H](CO)[C@H](O)[C@@H](O)[C@@H]6O[C@H]6O[C@@H](C)[C@H](O)[C@@H](O)[C@@H]6O)C(C)(C)[C@H]5CC[C@]2(C)[C@]4(C)C[C@H]3O)C[C@H]1O. The van der Waals surface area contributed by atoms with Crippen molar-refractivity contribution in [2.75, 3.05) is 13.2 Å². The summed E-state index contributed by atoms with van der Waals surface area (Å²) in [5, 5.41) is 110. The van der Waals surface area contributed by atoms with E-state index in [0.29, 0.717) is 25.9 Å². The van der Waals surface area contributed by atoms with Gasteiger partial charge in [0, 0.05) is 16.7 Å². The van der Waals surface area contributed by atoms with Crippen LogP contribution in [-0.4, -0.2) is 180 Å². The molecule has 28 atom stereocenters. The first-order chi connectivity index (χ1) is 30.3. The second-order valence-corrected chi connectivity index (χ2v) is 23.5. The lowest BCUT2D eigenvalue weighted by Crippen LogP contribution is -2.73. The molecule has 372 valence electrons. The molecule has 5 aliphatic carbocycles. The maximum atomic E-state index is 12.3. The number of ether oxygens (including phenoxy) is 7. The topological polar surface area (TPSA) is 267 Å². The maximum absolute atomic E-state index is 12.3. The van der Waals surface area contributed by atoms with Crippen LogP contribution in [-0.2, 0) is 33.2 Å². The van der Waals surface area contributed by atoms with Gasteiger partial charge in [-0.25, -0.2) is 0 Å². The highest BCUT2D eigenvalue weighted by atomic mass is 16.8. The molecular formula is C48H78O17. The van der Waals surface area contributed by atoms with Crippen LogP contribution in [0.15, 0.2) is 12.2 Å². The highest BCUT2D eigenvalue weighted by molar-refractivity contribution is 5.36. The molecule has 0 aromatic carbocycles. The van der Waals surface area contributed by atoms with E-state index in [-0.39, 0.29) is 45.8 Å². The third-order valence-corrected chi connectivity index (χ3v) is 20.3. The zero-order valence-electron chi connectivity index (χ0n) is 39.4. The molecule has 0 radical (unpaired) electrons. The predicted octanol–water partition coefficient (Wildman–Crippen LogP) is 0.483. The zero-order chi connectivity index (χ0) is 47.3. The van der Waals surface area contributed by atoms with Gasteiger partial charge in [0.2, 0.25) is 0 Å². The van der Waals surface area contributed by atoms with E-state index in [0.717, 1.165) is 19.3 Å². The average Bonchev–Trinajstić information content (AvgIpc) is 3.55. The highest BCUT2D eigenvalue weighted by Gasteiger charge is 2.80. The normalized spacial score (nSPS) is 60.6. The Bertz CT molecular complexity index is 1790. The Balaban J connectivity index is 0.980. The van der Waals surface area contributed by atoms with Crippen LogP contribution < -0.4 is 0 Å². The fourth-order valence-corrected chi connectivity index (χ4v) is 16.1. The molecule has 0 unspecified atom stereocenters. The summed E-state index contributed by atoms with van der Waals surface area (Å²) >= 11 is 0. The second-order valence-electron chi connectivity index (χ2n) is 23.5. The van der Waals surface area contributed by atoms with Crippen LogP contribution in [0.25, 0.3) is 0 Å². The van der Waals surface area contributed by atoms with E-state index in [1.54, 1.807) is 6.92 Å². The van der Waals surface area contributed by atoms with Crippen molar-refractivity contribution in [2.45, 2.75) is 217 Å². The van der Waals surface area contributed by atoms with Crippen molar-refractivity contribution in [1.29, 1.82) is 0 Å². The standard InChI is InChI=1S/C48H78O17/c1-20-21(2)39-47(16-24(20)50)19-59-48(39)15-11-27-44(7)13-12-29(43(5,6)26(44)10-14-45(27,8)46(48,9)17-28(47)51)63-41-37(34(56)31(53)23(4)61-41)65-42-38(35(57)32(54)25(18-49)62-42)64-40-36(58)33(55)30(52)22(3)60-40/h11,15,20-42,49-58H,10,12-14,16-19H2,1-9H3/t20-,21+,22+,23+,24-,25+,26-,27-,28-,29+,30+,31+,32+,33-,34-,35-,36+,37+,38+,39-,40-,41-,42-,44-,45+,46+,47-,48-/m1/s1. The van der Waals surface area contributed by atoms with E-state index >= 15 is 0 Å². The molecule has 4 saturated carbocycles. The van der Waals surface area contributed by atoms with E-state index in [2.05, 4.69) is 60.6 Å². The smallest absolute Gasteiger partial charge is 0.187 e. The van der Waals surface area contributed by atoms with Gasteiger partial charge >= 0.3 is 0 Å². The zero-order valence-corrected chi connectivity index (χ0v) is 39.4. The van der Waals surface area contributed by atoms with Gasteiger partial charge in [-0.15, -0.1) is 0 Å². The van der Waals surface area contributed by atoms with Gasteiger partial charge in [-0.1, -0.05) is 60.6 Å². The molecule has 9 rings (SSSR count). The lowest BCUT2D eigenvalue weighted by Gasteiger charge is -2.73. The summed E-state index contributed by atoms with van der Waals surface area (Å²) < 4.78 is 44.2. The van der Waals surface area contributed by atoms with Crippen molar-refractivity contribution in [3.63, 3.8) is 0 Å². The van der Waals surface area contributed by atoms with Crippen molar-refractivity contribution in [3.05, 3.63) is 12.2 Å². The van der Waals surface area contributed by atoms with Crippen LogP contribution in [0.4, 0.5) is 0 Å². The van der Waals surface area contributed by atoms with Gasteiger partial charge in [-0.3, -0.25) is 0 Å². The first kappa shape index (κ1) is 49.1. The van der Waals surface area contributed by atoms with Crippen LogP contribution >= 0.6 is 0 Å². The van der Waals surface area contributed by atoms with Gasteiger partial charge in [0.05, 0.1) is 49.3 Å². The summed E-state index contributed by atoms with van der Waals surface area (Å²) in [4.78, 5) is 0. The Labute approximate surface area is 382 Å². The first-order valence-corrected chi connectivity index (χ1v) is 24.3. The van der Waals surface area contributed by atoms with E-state index < -0.39 is 133 Å². The van der Waals surface area contributed by atoms with Gasteiger partial charge in [0.1, 0.15) is 61.0 Å². The van der Waals surface area contributed by atoms with Crippen LogP contribution in [0, 0.1) is 56.7 Å². The number of rotatable bonds is 7. The number of fused-ring (bicyclic) bond motifs is 4. The minimum Gasteiger partial charge on any atom is -0.394 e. The summed E-state index contributed by atoms with van der Waals surface area (Å²) in [6.45, 7) is 18.8. The number of aliphatic hydroxyl groups is 10. The summed E-state index contributed by atoms with van der Waals surface area (Å²) in [5.41, 5.74) is -2.32.